The zero-order valence-corrected chi connectivity index (χ0v) is 11.4. The second-order valence-corrected chi connectivity index (χ2v) is 4.10. The van der Waals surface area contributed by atoms with Gasteiger partial charge >= 0.3 is 8.69 Å². The Balaban J connectivity index is 0. The Morgan fingerprint density at radius 2 is 0.933 bits per heavy atom. The Morgan fingerprint density at radius 3 is 1.13 bits per heavy atom. The van der Waals surface area contributed by atoms with Gasteiger partial charge in [-0.2, -0.15) is 4.89 Å². The molecule has 1 unspecified atom stereocenters. The lowest BCUT2D eigenvalue weighted by molar-refractivity contribution is 0.524. The Hall–Kier alpha value is 0.0600. The van der Waals surface area contributed by atoms with Gasteiger partial charge in [-0.05, 0) is 4.57 Å². The summed E-state index contributed by atoms with van der Waals surface area (Å²) < 4.78 is 8.51. The largest absolute Gasteiger partial charge is 0.491 e. The van der Waals surface area contributed by atoms with Crippen molar-refractivity contribution in [3.8, 4) is 0 Å². The molecule has 0 aliphatic rings. The highest BCUT2D eigenvalue weighted by Gasteiger charge is 1.90. The second kappa shape index (κ2) is 19.6. The Morgan fingerprint density at radius 1 is 0.733 bits per heavy atom. The minimum atomic E-state index is -1.17. The number of rotatable bonds is 9. The fraction of sp³-hybridized carbons (Fsp3) is 1.00. The first kappa shape index (κ1) is 17.5. The first-order valence-corrected chi connectivity index (χ1v) is 7.20. The van der Waals surface area contributed by atoms with Gasteiger partial charge < -0.3 is 0 Å². The zero-order chi connectivity index (χ0) is 11.8. The Labute approximate surface area is 96.8 Å². The van der Waals surface area contributed by atoms with Gasteiger partial charge in [0, 0.05) is 0 Å². The van der Waals surface area contributed by atoms with Crippen molar-refractivity contribution in [3.05, 3.63) is 0 Å². The lowest BCUT2D eigenvalue weighted by Crippen LogP contribution is -1.80. The molecule has 3 heteroatoms. The Kier molecular flexibility index (Phi) is 22.8. The maximum atomic E-state index is 8.51. The highest BCUT2D eigenvalue weighted by atomic mass is 31.1. The SMILES string of the molecule is CCCCCCCCCCCC.O=[PH+]O. The molecule has 0 radical (unpaired) electrons. The summed E-state index contributed by atoms with van der Waals surface area (Å²) in [5.74, 6) is 0. The van der Waals surface area contributed by atoms with Crippen molar-refractivity contribution in [2.75, 3.05) is 0 Å². The van der Waals surface area contributed by atoms with E-state index >= 15 is 0 Å². The molecule has 0 rings (SSSR count). The Bertz CT molecular complexity index is 97.8. The van der Waals surface area contributed by atoms with Crippen LogP contribution < -0.4 is 0 Å². The third kappa shape index (κ3) is 24.9. The number of hydrogen-bond acceptors (Lipinski definition) is 1. The summed E-state index contributed by atoms with van der Waals surface area (Å²) in [7, 11) is -1.17. The standard InChI is InChI=1S/C12H26.HO2P/c1-3-5-7-9-11-12-10-8-6-4-2;1-3-2/h3-12H2,1-2H3;3H/p+1. The summed E-state index contributed by atoms with van der Waals surface area (Å²) >= 11 is 0. The molecule has 0 heterocycles. The van der Waals surface area contributed by atoms with E-state index < -0.39 is 8.69 Å². The fourth-order valence-electron chi connectivity index (χ4n) is 1.56. The van der Waals surface area contributed by atoms with E-state index in [0.717, 1.165) is 0 Å². The molecule has 0 aromatic rings. The molecule has 2 nitrogen and oxygen atoms in total. The van der Waals surface area contributed by atoms with Crippen LogP contribution >= 0.6 is 8.69 Å². The highest BCUT2D eigenvalue weighted by Crippen LogP contribution is 2.09. The average Bonchev–Trinajstić information content (AvgIpc) is 2.23. The molecule has 0 amide bonds. The number of unbranched alkanes of at least 4 members (excludes halogenated alkanes) is 9. The molecule has 0 aliphatic carbocycles. The predicted molar refractivity (Wildman–Crippen MR) is 68.7 cm³/mol. The van der Waals surface area contributed by atoms with Crippen LogP contribution in [0, 0.1) is 0 Å². The highest BCUT2D eigenvalue weighted by molar-refractivity contribution is 7.16. The molecule has 0 fully saturated rings. The number of hydrogen-bond donors (Lipinski definition) is 1. The smallest absolute Gasteiger partial charge is 0.162 e. The van der Waals surface area contributed by atoms with Crippen LogP contribution in [0.2, 0.25) is 0 Å². The maximum Gasteiger partial charge on any atom is 0.491 e. The third-order valence-electron chi connectivity index (χ3n) is 2.46. The van der Waals surface area contributed by atoms with Gasteiger partial charge in [-0.3, -0.25) is 0 Å². The van der Waals surface area contributed by atoms with Gasteiger partial charge in [0.25, 0.3) is 0 Å². The molecular weight excluding hydrogens is 207 g/mol. The summed E-state index contributed by atoms with van der Waals surface area (Å²) in [6.07, 6.45) is 14.4. The normalized spacial score (nSPS) is 9.80. The fourth-order valence-corrected chi connectivity index (χ4v) is 1.56. The first-order valence-electron chi connectivity index (χ1n) is 6.34. The summed E-state index contributed by atoms with van der Waals surface area (Å²) in [5, 5.41) is 0. The molecule has 0 saturated heterocycles. The molecule has 1 atom stereocenters. The average molecular weight is 235 g/mol. The van der Waals surface area contributed by atoms with Crippen LogP contribution in [0.3, 0.4) is 0 Å². The molecule has 92 valence electrons. The van der Waals surface area contributed by atoms with Crippen molar-refractivity contribution in [2.24, 2.45) is 0 Å². The van der Waals surface area contributed by atoms with Crippen molar-refractivity contribution in [1.82, 2.24) is 0 Å². The van der Waals surface area contributed by atoms with E-state index in [-0.39, 0.29) is 0 Å². The lowest BCUT2D eigenvalue weighted by atomic mass is 10.1. The van der Waals surface area contributed by atoms with Crippen LogP contribution in [-0.2, 0) is 4.57 Å². The van der Waals surface area contributed by atoms with Gasteiger partial charge in [-0.1, -0.05) is 78.1 Å². The van der Waals surface area contributed by atoms with E-state index in [1.54, 1.807) is 0 Å². The van der Waals surface area contributed by atoms with Crippen LogP contribution in [0.25, 0.3) is 0 Å². The van der Waals surface area contributed by atoms with Gasteiger partial charge in [0.15, 0.2) is 0 Å². The predicted octanol–water partition coefficient (Wildman–Crippen LogP) is 4.84. The van der Waals surface area contributed by atoms with E-state index in [0.29, 0.717) is 0 Å². The zero-order valence-electron chi connectivity index (χ0n) is 10.4. The van der Waals surface area contributed by atoms with Crippen molar-refractivity contribution >= 4 is 8.69 Å². The molecule has 0 bridgehead atoms. The second-order valence-electron chi connectivity index (χ2n) is 3.92. The topological polar surface area (TPSA) is 37.3 Å². The maximum absolute atomic E-state index is 8.51. The van der Waals surface area contributed by atoms with E-state index in [9.17, 15) is 0 Å². The van der Waals surface area contributed by atoms with Gasteiger partial charge in [-0.15, -0.1) is 0 Å². The van der Waals surface area contributed by atoms with Crippen molar-refractivity contribution in [1.29, 1.82) is 0 Å². The van der Waals surface area contributed by atoms with Crippen LogP contribution in [0.15, 0.2) is 0 Å². The van der Waals surface area contributed by atoms with Crippen LogP contribution in [0.1, 0.15) is 78.1 Å². The van der Waals surface area contributed by atoms with E-state index in [1.165, 1.54) is 64.2 Å². The molecule has 0 spiro atoms. The van der Waals surface area contributed by atoms with Gasteiger partial charge in [0.2, 0.25) is 0 Å². The third-order valence-corrected chi connectivity index (χ3v) is 2.46. The van der Waals surface area contributed by atoms with E-state index in [4.69, 9.17) is 9.46 Å². The van der Waals surface area contributed by atoms with Crippen LogP contribution in [0.5, 0.6) is 0 Å². The summed E-state index contributed by atoms with van der Waals surface area (Å²) in [5.41, 5.74) is 0. The van der Waals surface area contributed by atoms with Crippen molar-refractivity contribution in [3.63, 3.8) is 0 Å². The van der Waals surface area contributed by atoms with Crippen LogP contribution in [-0.4, -0.2) is 4.89 Å². The lowest BCUT2D eigenvalue weighted by Gasteiger charge is -1.99. The molecular formula is C12H28O2P+. The van der Waals surface area contributed by atoms with Gasteiger partial charge in [0.05, 0.1) is 0 Å². The summed E-state index contributed by atoms with van der Waals surface area (Å²) in [6, 6.07) is 0. The molecule has 0 aliphatic heterocycles. The summed E-state index contributed by atoms with van der Waals surface area (Å²) in [4.78, 5) is 7.04. The van der Waals surface area contributed by atoms with E-state index in [2.05, 4.69) is 13.8 Å². The monoisotopic (exact) mass is 235 g/mol. The quantitative estimate of drug-likeness (QED) is 0.458. The minimum Gasteiger partial charge on any atom is -0.162 e. The summed E-state index contributed by atoms with van der Waals surface area (Å²) in [6.45, 7) is 4.56. The van der Waals surface area contributed by atoms with E-state index in [1.807, 2.05) is 0 Å². The van der Waals surface area contributed by atoms with Crippen LogP contribution in [0.4, 0.5) is 0 Å². The van der Waals surface area contributed by atoms with Gasteiger partial charge in [0.1, 0.15) is 0 Å². The molecule has 0 saturated carbocycles. The first-order chi connectivity index (χ1) is 7.33. The molecule has 1 N–H and O–H groups in total. The van der Waals surface area contributed by atoms with Gasteiger partial charge in [-0.25, -0.2) is 0 Å². The van der Waals surface area contributed by atoms with Crippen molar-refractivity contribution < 1.29 is 9.46 Å². The van der Waals surface area contributed by atoms with Crippen molar-refractivity contribution in [2.45, 2.75) is 78.1 Å². The molecule has 15 heavy (non-hydrogen) atoms. The minimum absolute atomic E-state index is 1.17. The molecule has 0 aromatic heterocycles. The molecule has 0 aromatic carbocycles.